The van der Waals surface area contributed by atoms with Crippen LogP contribution >= 0.6 is 23.5 Å². The van der Waals surface area contributed by atoms with Gasteiger partial charge in [-0.2, -0.15) is 4.98 Å². The van der Waals surface area contributed by atoms with Crippen LogP contribution in [0.25, 0.3) is 11.2 Å². The van der Waals surface area contributed by atoms with Crippen molar-refractivity contribution in [3.63, 3.8) is 0 Å². The number of hydrogen-bond acceptors (Lipinski definition) is 21. The first-order chi connectivity index (χ1) is 29.9. The highest BCUT2D eigenvalue weighted by atomic mass is 31.2. The predicted molar refractivity (Wildman–Crippen MR) is 207 cm³/mol. The van der Waals surface area contributed by atoms with Crippen LogP contribution in [0.2, 0.25) is 0 Å². The second-order valence-corrected chi connectivity index (χ2v) is 18.7. The molecule has 3 saturated heterocycles. The molecule has 64 heavy (non-hydrogen) atoms. The molecule has 0 radical (unpaired) electrons. The molecule has 7 heterocycles. The summed E-state index contributed by atoms with van der Waals surface area (Å²) < 4.78 is 83.9. The largest absolute Gasteiger partial charge is 0.472 e. The number of aromatic nitrogens is 8. The van der Waals surface area contributed by atoms with E-state index in [9.17, 15) is 67.5 Å². The highest BCUT2D eigenvalue weighted by Crippen LogP contribution is 2.52. The van der Waals surface area contributed by atoms with Crippen LogP contribution in [-0.2, 0) is 50.5 Å². The number of nitrogens with zero attached hydrogens (tertiary/aromatic N) is 5. The van der Waals surface area contributed by atoms with E-state index in [2.05, 4.69) is 29.4 Å². The number of nitrogens with two attached hydrogens (primary N) is 1. The number of aromatic amines is 3. The number of anilines is 1. The highest BCUT2D eigenvalue weighted by Gasteiger charge is 2.51. The summed E-state index contributed by atoms with van der Waals surface area (Å²) >= 11 is 0. The van der Waals surface area contributed by atoms with Crippen molar-refractivity contribution < 1.29 is 80.3 Å². The number of hydrogen-bond donors (Lipinski definition) is 10. The molecule has 4 aromatic rings. The Morgan fingerprint density at radius 2 is 1.28 bits per heavy atom. The molecule has 3 fully saturated rings. The number of fused-ring (bicyclic) bond motifs is 1. The molecule has 3 aliphatic heterocycles. The molecular formula is C30H40N9O22P3. The molecule has 0 saturated carbocycles. The molecule has 0 amide bonds. The van der Waals surface area contributed by atoms with Crippen molar-refractivity contribution in [2.45, 2.75) is 88.1 Å². The first-order valence-electron chi connectivity index (χ1n) is 18.6. The maximum absolute atomic E-state index is 13.5. The lowest BCUT2D eigenvalue weighted by atomic mass is 10.1. The fourth-order valence-electron chi connectivity index (χ4n) is 7.00. The number of imidazole rings is 1. The summed E-state index contributed by atoms with van der Waals surface area (Å²) in [5, 5.41) is 21.9. The van der Waals surface area contributed by atoms with Gasteiger partial charge in [0.1, 0.15) is 49.1 Å². The molecule has 12 atom stereocenters. The second-order valence-electron chi connectivity index (χ2n) is 14.6. The predicted octanol–water partition coefficient (Wildman–Crippen LogP) is -3.27. The van der Waals surface area contributed by atoms with Crippen molar-refractivity contribution in [1.29, 1.82) is 0 Å². The molecule has 4 aromatic heterocycles. The number of nitrogen functional groups attached to an aromatic ring is 1. The van der Waals surface area contributed by atoms with Gasteiger partial charge in [-0.3, -0.25) is 65.7 Å². The summed E-state index contributed by atoms with van der Waals surface area (Å²) in [7, 11) is -15.9. The number of aliphatic hydroxyl groups is 2. The summed E-state index contributed by atoms with van der Waals surface area (Å²) in [4.78, 5) is 116. The van der Waals surface area contributed by atoms with Gasteiger partial charge in [-0.1, -0.05) is 0 Å². The summed E-state index contributed by atoms with van der Waals surface area (Å²) in [5.41, 5.74) is 1.33. The van der Waals surface area contributed by atoms with E-state index in [1.54, 1.807) is 0 Å². The number of aliphatic hydroxyl groups excluding tert-OH is 2. The van der Waals surface area contributed by atoms with Crippen LogP contribution in [-0.4, -0.2) is 131 Å². The molecule has 0 aromatic carbocycles. The van der Waals surface area contributed by atoms with E-state index in [0.717, 1.165) is 26.2 Å². The Morgan fingerprint density at radius 3 is 1.89 bits per heavy atom. The van der Waals surface area contributed by atoms with Crippen LogP contribution in [0.5, 0.6) is 0 Å². The molecule has 0 spiro atoms. The van der Waals surface area contributed by atoms with Crippen molar-refractivity contribution in [3.8, 4) is 0 Å². The number of ether oxygens (including phenoxy) is 3. The molecule has 0 aliphatic carbocycles. The van der Waals surface area contributed by atoms with Crippen molar-refractivity contribution in [1.82, 2.24) is 38.6 Å². The summed E-state index contributed by atoms with van der Waals surface area (Å²) in [5.74, 6) is -0.370. The normalized spacial score (nSPS) is 29.3. The van der Waals surface area contributed by atoms with Gasteiger partial charge in [0.2, 0.25) is 5.95 Å². The second kappa shape index (κ2) is 18.1. The Balaban J connectivity index is 1.07. The third-order valence-electron chi connectivity index (χ3n) is 10.1. The third kappa shape index (κ3) is 10.5. The Morgan fingerprint density at radius 1 is 0.734 bits per heavy atom. The molecule has 2 unspecified atom stereocenters. The van der Waals surface area contributed by atoms with E-state index in [-0.39, 0.29) is 34.7 Å². The fourth-order valence-corrected chi connectivity index (χ4v) is 9.27. The number of phosphoric ester groups is 3. The minimum absolute atomic E-state index is 0.0418. The average Bonchev–Trinajstić information content (AvgIpc) is 3.96. The summed E-state index contributed by atoms with van der Waals surface area (Å²) in [6.45, 7) is -0.107. The average molecular weight is 972 g/mol. The number of H-pyrrole nitrogens is 3. The maximum Gasteiger partial charge on any atom is 0.472 e. The van der Waals surface area contributed by atoms with Gasteiger partial charge in [-0.25, -0.2) is 28.3 Å². The van der Waals surface area contributed by atoms with Gasteiger partial charge in [0.25, 0.3) is 16.7 Å². The Bertz CT molecular complexity index is 2850. The molecule has 7 rings (SSSR count). The van der Waals surface area contributed by atoms with E-state index in [1.165, 1.54) is 20.0 Å². The summed E-state index contributed by atoms with van der Waals surface area (Å²) in [6.07, 6.45) is -13.2. The topological polar surface area (TPSA) is 446 Å². The third-order valence-corrected chi connectivity index (χ3v) is 12.5. The minimum atomic E-state index is -5.48. The van der Waals surface area contributed by atoms with E-state index in [4.69, 9.17) is 38.0 Å². The van der Waals surface area contributed by atoms with Crippen molar-refractivity contribution >= 4 is 40.6 Å². The van der Waals surface area contributed by atoms with E-state index in [0.29, 0.717) is 0 Å². The fraction of sp³-hybridized carbons (Fsp3) is 0.567. The molecule has 0 bridgehead atoms. The van der Waals surface area contributed by atoms with Crippen LogP contribution < -0.4 is 33.8 Å². The standard InChI is InChI=1S/C30H40N9O22P3/c1-11-5-37(29(45)35-24(11)42)18-3-13(40)15(57-18)7-55-63(50,51)60-14-4-19(38-6-12(2)25(43)36-30(38)46)58-16(14)8-56-64(52,53)61-22-17(9-54-62(47,48)49)59-27(21(22)41)39-10-32-20-23(39)33-28(31)34-26(20)44/h5-6,10,13-19,21-22,27,40-41H,3-4,7-9H2,1-2H3,(H,50,51)(H,52,53)(H,35,42,45)(H,36,43,46)(H2,47,48,49)(H3,31,33,34,44)/t13-,14-,15+,16+,17+,18+,19+,21+,22+,27+/m0/s1. The Kier molecular flexibility index (Phi) is 13.5. The number of nitrogens with one attached hydrogen (secondary N) is 3. The summed E-state index contributed by atoms with van der Waals surface area (Å²) in [6, 6.07) is 0. The van der Waals surface area contributed by atoms with E-state index < -0.39 is 139 Å². The molecule has 352 valence electrons. The van der Waals surface area contributed by atoms with Gasteiger partial charge in [-0.05, 0) is 13.8 Å². The smallest absolute Gasteiger partial charge is 0.390 e. The zero-order valence-electron chi connectivity index (χ0n) is 32.9. The molecule has 31 nitrogen and oxygen atoms in total. The first kappa shape index (κ1) is 47.6. The van der Waals surface area contributed by atoms with Gasteiger partial charge >= 0.3 is 34.8 Å². The Hall–Kier alpha value is -4.36. The monoisotopic (exact) mass is 971 g/mol. The minimum Gasteiger partial charge on any atom is -0.390 e. The number of rotatable bonds is 16. The van der Waals surface area contributed by atoms with Crippen molar-refractivity contribution in [3.05, 3.63) is 81.9 Å². The van der Waals surface area contributed by atoms with Crippen molar-refractivity contribution in [2.75, 3.05) is 25.6 Å². The van der Waals surface area contributed by atoms with Gasteiger partial charge < -0.3 is 49.7 Å². The van der Waals surface area contributed by atoms with Crippen LogP contribution in [0.15, 0.2) is 42.7 Å². The van der Waals surface area contributed by atoms with Crippen LogP contribution in [0, 0.1) is 13.8 Å². The molecule has 11 N–H and O–H groups in total. The van der Waals surface area contributed by atoms with Crippen molar-refractivity contribution in [2.24, 2.45) is 0 Å². The van der Waals surface area contributed by atoms with Crippen LogP contribution in [0.3, 0.4) is 0 Å². The molecular weight excluding hydrogens is 931 g/mol. The molecule has 34 heteroatoms. The SMILES string of the molecule is Cc1cn([C@H]2C[C@H](OP(=O)(O)OC[C@H]3O[C@@H](n4cc(C)c(=O)[nH]c4=O)C[C@@H]3O)[C@@H](COP(=O)(O)O[C@H]3[C@@H](O)[C@H](n4cnc5c(=O)[nH]c(N)nc54)O[C@@H]3COP(=O)(O)O)O2)c(=O)[nH]c1=O. The quantitative estimate of drug-likeness (QED) is 0.0492. The number of aryl methyl sites for hydroxylation is 2. The number of phosphoric acid groups is 3. The lowest BCUT2D eigenvalue weighted by Crippen LogP contribution is -2.36. The van der Waals surface area contributed by atoms with E-state index in [1.807, 2.05) is 0 Å². The zero-order valence-corrected chi connectivity index (χ0v) is 35.6. The van der Waals surface area contributed by atoms with E-state index >= 15 is 0 Å². The van der Waals surface area contributed by atoms with Gasteiger partial charge in [-0.15, -0.1) is 0 Å². The lowest BCUT2D eigenvalue weighted by Gasteiger charge is -2.25. The Labute approximate surface area is 354 Å². The zero-order chi connectivity index (χ0) is 46.6. The highest BCUT2D eigenvalue weighted by molar-refractivity contribution is 7.47. The van der Waals surface area contributed by atoms with Gasteiger partial charge in [0.15, 0.2) is 17.4 Å². The van der Waals surface area contributed by atoms with Gasteiger partial charge in [0.05, 0.1) is 32.3 Å². The molecule has 3 aliphatic rings. The maximum atomic E-state index is 13.5. The first-order valence-corrected chi connectivity index (χ1v) is 23.1. The lowest BCUT2D eigenvalue weighted by molar-refractivity contribution is -0.0614. The van der Waals surface area contributed by atoms with Crippen LogP contribution in [0.1, 0.15) is 42.7 Å². The van der Waals surface area contributed by atoms with Crippen LogP contribution in [0.4, 0.5) is 5.95 Å². The van der Waals surface area contributed by atoms with Gasteiger partial charge in [0, 0.05) is 36.4 Å².